The fraction of sp³-hybridized carbons (Fsp3) is 0.200. The third-order valence-corrected chi connectivity index (χ3v) is 4.81. The molecule has 2 rings (SSSR count). The molecule has 26 heavy (non-hydrogen) atoms. The summed E-state index contributed by atoms with van der Waals surface area (Å²) in [6.07, 6.45) is -0.295. The fourth-order valence-electron chi connectivity index (χ4n) is 2.77. The first-order valence-corrected chi connectivity index (χ1v) is 8.61. The molecule has 2 aromatic carbocycles. The van der Waals surface area contributed by atoms with E-state index in [4.69, 9.17) is 27.9 Å². The maximum atomic E-state index is 12.0. The highest BCUT2D eigenvalue weighted by atomic mass is 35.5. The first-order chi connectivity index (χ1) is 12.4. The van der Waals surface area contributed by atoms with Gasteiger partial charge in [0.1, 0.15) is 5.57 Å². The van der Waals surface area contributed by atoms with E-state index in [1.807, 2.05) is 30.3 Å². The van der Waals surface area contributed by atoms with Crippen molar-refractivity contribution < 1.29 is 19.4 Å². The summed E-state index contributed by atoms with van der Waals surface area (Å²) in [5.74, 6) is -1.88. The summed E-state index contributed by atoms with van der Waals surface area (Å²) in [7, 11) is 1.53. The van der Waals surface area contributed by atoms with Crippen molar-refractivity contribution in [3.63, 3.8) is 0 Å². The molecule has 1 atom stereocenters. The number of methoxy groups -OCH3 is 1. The number of hydrogen-bond acceptors (Lipinski definition) is 3. The molecule has 0 amide bonds. The molecular formula is C20H18Cl2O4. The standard InChI is InChI=1S/C20H18Cl2O4/c1-12(23)18(20(24)25)15(14-9-6-10-16(21)19(14)22)11-17(26-2)13-7-4-3-5-8-13/h3-10,17H,11H2,1-2H3,(H,24,25). The van der Waals surface area contributed by atoms with Crippen molar-refractivity contribution in [3.8, 4) is 0 Å². The molecule has 0 bridgehead atoms. The maximum absolute atomic E-state index is 12.0. The normalized spacial score (nSPS) is 13.1. The third-order valence-electron chi connectivity index (χ3n) is 3.99. The molecule has 0 aromatic heterocycles. The SMILES string of the molecule is COC(CC(=C(C(C)=O)C(=O)O)c1cccc(Cl)c1Cl)c1ccccc1. The number of carboxylic acid groups (broad SMARTS) is 1. The van der Waals surface area contributed by atoms with Crippen molar-refractivity contribution in [2.75, 3.05) is 7.11 Å². The largest absolute Gasteiger partial charge is 0.478 e. The van der Waals surface area contributed by atoms with Crippen LogP contribution in [-0.2, 0) is 14.3 Å². The van der Waals surface area contributed by atoms with Crippen molar-refractivity contribution in [2.45, 2.75) is 19.4 Å². The summed E-state index contributed by atoms with van der Waals surface area (Å²) in [6.45, 7) is 1.21. The van der Waals surface area contributed by atoms with Crippen molar-refractivity contribution >= 4 is 40.5 Å². The fourth-order valence-corrected chi connectivity index (χ4v) is 3.18. The molecule has 0 saturated heterocycles. The van der Waals surface area contributed by atoms with Crippen LogP contribution in [0.25, 0.3) is 5.57 Å². The molecule has 0 heterocycles. The van der Waals surface area contributed by atoms with Gasteiger partial charge in [0.15, 0.2) is 5.78 Å². The number of rotatable bonds is 7. The van der Waals surface area contributed by atoms with Crippen molar-refractivity contribution in [1.29, 1.82) is 0 Å². The van der Waals surface area contributed by atoms with Gasteiger partial charge in [0.05, 0.1) is 16.1 Å². The number of aliphatic carboxylic acids is 1. The van der Waals surface area contributed by atoms with Crippen LogP contribution < -0.4 is 0 Å². The number of benzene rings is 2. The molecule has 136 valence electrons. The predicted molar refractivity (Wildman–Crippen MR) is 103 cm³/mol. The third kappa shape index (κ3) is 4.52. The highest BCUT2D eigenvalue weighted by Gasteiger charge is 2.25. The van der Waals surface area contributed by atoms with Crippen LogP contribution in [0.4, 0.5) is 0 Å². The molecule has 0 aliphatic carbocycles. The smallest absolute Gasteiger partial charge is 0.339 e. The maximum Gasteiger partial charge on any atom is 0.339 e. The van der Waals surface area contributed by atoms with E-state index in [2.05, 4.69) is 0 Å². The Hall–Kier alpha value is -2.14. The number of ether oxygens (including phenoxy) is 1. The second-order valence-electron chi connectivity index (χ2n) is 5.66. The van der Waals surface area contributed by atoms with Gasteiger partial charge in [-0.2, -0.15) is 0 Å². The molecule has 0 aliphatic rings. The van der Waals surface area contributed by atoms with E-state index in [9.17, 15) is 14.7 Å². The van der Waals surface area contributed by atoms with Crippen LogP contribution in [0.3, 0.4) is 0 Å². The highest BCUT2D eigenvalue weighted by molar-refractivity contribution is 6.43. The topological polar surface area (TPSA) is 63.6 Å². The van der Waals surface area contributed by atoms with Crippen LogP contribution in [0.5, 0.6) is 0 Å². The van der Waals surface area contributed by atoms with Gasteiger partial charge in [-0.1, -0.05) is 65.7 Å². The van der Waals surface area contributed by atoms with Crippen molar-refractivity contribution in [1.82, 2.24) is 0 Å². The summed E-state index contributed by atoms with van der Waals surface area (Å²) in [6, 6.07) is 14.3. The first kappa shape index (κ1) is 20.2. The van der Waals surface area contributed by atoms with E-state index >= 15 is 0 Å². The molecule has 0 fully saturated rings. The van der Waals surface area contributed by atoms with E-state index in [1.54, 1.807) is 18.2 Å². The van der Waals surface area contributed by atoms with Crippen molar-refractivity contribution in [3.05, 3.63) is 75.3 Å². The number of carboxylic acids is 1. The van der Waals surface area contributed by atoms with E-state index in [-0.39, 0.29) is 27.6 Å². The molecule has 0 radical (unpaired) electrons. The Bertz CT molecular complexity index is 828. The minimum Gasteiger partial charge on any atom is -0.478 e. The zero-order chi connectivity index (χ0) is 19.3. The van der Waals surface area contributed by atoms with Crippen LogP contribution in [0, 0.1) is 0 Å². The number of hydrogen-bond donors (Lipinski definition) is 1. The Balaban J connectivity index is 2.65. The van der Waals surface area contributed by atoms with Gasteiger partial charge < -0.3 is 9.84 Å². The van der Waals surface area contributed by atoms with Gasteiger partial charge in [-0.3, -0.25) is 4.79 Å². The second-order valence-corrected chi connectivity index (χ2v) is 6.44. The molecular weight excluding hydrogens is 375 g/mol. The first-order valence-electron chi connectivity index (χ1n) is 7.86. The zero-order valence-electron chi connectivity index (χ0n) is 14.3. The lowest BCUT2D eigenvalue weighted by molar-refractivity contribution is -0.134. The molecule has 6 heteroatoms. The minimum absolute atomic E-state index is 0.155. The minimum atomic E-state index is -1.31. The summed E-state index contributed by atoms with van der Waals surface area (Å²) in [4.78, 5) is 23.8. The molecule has 1 unspecified atom stereocenters. The average molecular weight is 393 g/mol. The number of halogens is 2. The van der Waals surface area contributed by atoms with Crippen LogP contribution in [-0.4, -0.2) is 24.0 Å². The quantitative estimate of drug-likeness (QED) is 0.399. The average Bonchev–Trinajstić information content (AvgIpc) is 2.61. The van der Waals surface area contributed by atoms with Crippen LogP contribution in [0.1, 0.15) is 30.6 Å². The van der Waals surface area contributed by atoms with E-state index in [0.29, 0.717) is 5.56 Å². The molecule has 0 spiro atoms. The predicted octanol–water partition coefficient (Wildman–Crippen LogP) is 5.20. The van der Waals surface area contributed by atoms with E-state index in [1.165, 1.54) is 14.0 Å². The molecule has 4 nitrogen and oxygen atoms in total. The number of Topliss-reactive ketones (excluding diaryl/α,β-unsaturated/α-hetero) is 1. The van der Waals surface area contributed by atoms with Gasteiger partial charge in [0.25, 0.3) is 0 Å². The Morgan fingerprint density at radius 3 is 2.27 bits per heavy atom. The summed E-state index contributed by atoms with van der Waals surface area (Å²) in [5, 5.41) is 10.1. The van der Waals surface area contributed by atoms with Gasteiger partial charge in [-0.15, -0.1) is 0 Å². The van der Waals surface area contributed by atoms with Crippen LogP contribution >= 0.6 is 23.2 Å². The Kier molecular flexibility index (Phi) is 6.98. The molecule has 1 N–H and O–H groups in total. The number of ketones is 1. The second kappa shape index (κ2) is 8.99. The lowest BCUT2D eigenvalue weighted by atomic mass is 9.90. The van der Waals surface area contributed by atoms with Gasteiger partial charge in [-0.05, 0) is 29.7 Å². The molecule has 2 aromatic rings. The number of carbonyl (C=O) groups is 2. The molecule has 0 aliphatic heterocycles. The Labute approximate surface area is 162 Å². The summed E-state index contributed by atoms with van der Waals surface area (Å²) >= 11 is 12.4. The monoisotopic (exact) mass is 392 g/mol. The van der Waals surface area contributed by atoms with Crippen LogP contribution in [0.15, 0.2) is 54.1 Å². The van der Waals surface area contributed by atoms with Gasteiger partial charge in [0, 0.05) is 13.5 Å². The zero-order valence-corrected chi connectivity index (χ0v) is 15.8. The van der Waals surface area contributed by atoms with Crippen molar-refractivity contribution in [2.24, 2.45) is 0 Å². The van der Waals surface area contributed by atoms with Gasteiger partial charge in [-0.25, -0.2) is 4.79 Å². The lowest BCUT2D eigenvalue weighted by Crippen LogP contribution is -2.14. The Morgan fingerprint density at radius 1 is 1.08 bits per heavy atom. The highest BCUT2D eigenvalue weighted by Crippen LogP contribution is 2.38. The van der Waals surface area contributed by atoms with Gasteiger partial charge >= 0.3 is 5.97 Å². The number of carbonyl (C=O) groups excluding carboxylic acids is 1. The van der Waals surface area contributed by atoms with Gasteiger partial charge in [0.2, 0.25) is 0 Å². The van der Waals surface area contributed by atoms with Crippen LogP contribution in [0.2, 0.25) is 10.0 Å². The Morgan fingerprint density at radius 2 is 1.73 bits per heavy atom. The van der Waals surface area contributed by atoms with E-state index in [0.717, 1.165) is 5.56 Å². The lowest BCUT2D eigenvalue weighted by Gasteiger charge is -2.20. The summed E-state index contributed by atoms with van der Waals surface area (Å²) in [5.41, 5.74) is 1.23. The molecule has 0 saturated carbocycles. The summed E-state index contributed by atoms with van der Waals surface area (Å²) < 4.78 is 5.55. The van der Waals surface area contributed by atoms with E-state index < -0.39 is 17.9 Å².